The Morgan fingerprint density at radius 3 is 2.71 bits per heavy atom. The molecule has 6 heteroatoms. The Kier molecular flexibility index (Phi) is 5.42. The number of amides is 1. The third-order valence-corrected chi connectivity index (χ3v) is 4.79. The van der Waals surface area contributed by atoms with Crippen LogP contribution in [0.2, 0.25) is 5.02 Å². The average molecular weight is 371 g/mol. The second-order valence-corrected chi connectivity index (χ2v) is 6.03. The quantitative estimate of drug-likeness (QED) is 0.874. The Labute approximate surface area is 137 Å². The maximum absolute atomic E-state index is 11.9. The molecule has 0 unspecified atom stereocenters. The summed E-state index contributed by atoms with van der Waals surface area (Å²) in [6.07, 6.45) is 0.388. The first-order chi connectivity index (χ1) is 9.99. The van der Waals surface area contributed by atoms with Crippen molar-refractivity contribution in [2.75, 3.05) is 0 Å². The van der Waals surface area contributed by atoms with Gasteiger partial charge in [-0.1, -0.05) is 29.8 Å². The van der Waals surface area contributed by atoms with Gasteiger partial charge in [0.15, 0.2) is 0 Å². The van der Waals surface area contributed by atoms with E-state index < -0.39 is 0 Å². The van der Waals surface area contributed by atoms with E-state index in [0.717, 1.165) is 21.4 Å². The molecule has 1 aromatic carbocycles. The van der Waals surface area contributed by atoms with E-state index in [4.69, 9.17) is 11.6 Å². The lowest BCUT2D eigenvalue weighted by atomic mass is 10.2. The third-order valence-electron chi connectivity index (χ3n) is 3.28. The van der Waals surface area contributed by atoms with E-state index in [-0.39, 0.29) is 5.91 Å². The summed E-state index contributed by atoms with van der Waals surface area (Å²) in [7, 11) is 0. The number of aryl methyl sites for hydroxylation is 2. The zero-order valence-electron chi connectivity index (χ0n) is 12.0. The lowest BCUT2D eigenvalue weighted by molar-refractivity contribution is -0.121. The number of benzene rings is 1. The van der Waals surface area contributed by atoms with E-state index in [1.54, 1.807) is 0 Å². The Morgan fingerprint density at radius 2 is 2.10 bits per heavy atom. The maximum Gasteiger partial charge on any atom is 0.222 e. The molecule has 1 amide bonds. The summed E-state index contributed by atoms with van der Waals surface area (Å²) in [6.45, 7) is 4.92. The fraction of sp³-hybridized carbons (Fsp3) is 0.333. The fourth-order valence-corrected chi connectivity index (χ4v) is 2.51. The average Bonchev–Trinajstić information content (AvgIpc) is 2.71. The van der Waals surface area contributed by atoms with E-state index in [9.17, 15) is 4.79 Å². The normalized spacial score (nSPS) is 10.7. The second kappa shape index (κ2) is 7.09. The number of carbonyl (C=O) groups excluding carboxylic acids is 1. The molecule has 0 saturated carbocycles. The second-order valence-electron chi connectivity index (χ2n) is 4.83. The molecule has 0 atom stereocenters. The summed E-state index contributed by atoms with van der Waals surface area (Å²) in [5.41, 5.74) is 2.89. The summed E-state index contributed by atoms with van der Waals surface area (Å²) in [5, 5.41) is 7.92. The van der Waals surface area contributed by atoms with Gasteiger partial charge in [0.1, 0.15) is 0 Å². The minimum absolute atomic E-state index is 0.0152. The van der Waals surface area contributed by atoms with Crippen LogP contribution in [0.1, 0.15) is 23.4 Å². The molecule has 112 valence electrons. The molecule has 1 aromatic heterocycles. The van der Waals surface area contributed by atoms with E-state index in [1.807, 2.05) is 42.8 Å². The van der Waals surface area contributed by atoms with Crippen LogP contribution in [0.25, 0.3) is 0 Å². The van der Waals surface area contributed by atoms with Gasteiger partial charge in [-0.3, -0.25) is 9.48 Å². The molecule has 1 heterocycles. The molecule has 0 radical (unpaired) electrons. The van der Waals surface area contributed by atoms with Gasteiger partial charge in [0.25, 0.3) is 0 Å². The number of carbonyl (C=O) groups is 1. The van der Waals surface area contributed by atoms with Gasteiger partial charge in [-0.2, -0.15) is 5.10 Å². The van der Waals surface area contributed by atoms with Crippen LogP contribution in [0.3, 0.4) is 0 Å². The molecule has 0 fully saturated rings. The topological polar surface area (TPSA) is 46.9 Å². The van der Waals surface area contributed by atoms with E-state index in [1.165, 1.54) is 0 Å². The molecular formula is C15H17BrClN3O. The van der Waals surface area contributed by atoms with E-state index >= 15 is 0 Å². The van der Waals surface area contributed by atoms with Crippen LogP contribution in [0.4, 0.5) is 0 Å². The first-order valence-corrected chi connectivity index (χ1v) is 7.85. The van der Waals surface area contributed by atoms with Gasteiger partial charge in [0, 0.05) is 23.7 Å². The Hall–Kier alpha value is -1.33. The number of rotatable bonds is 5. The highest BCUT2D eigenvalue weighted by molar-refractivity contribution is 9.10. The molecule has 0 spiro atoms. The fourth-order valence-electron chi connectivity index (χ4n) is 2.02. The number of hydrogen-bond donors (Lipinski definition) is 1. The molecule has 0 saturated heterocycles. The largest absolute Gasteiger partial charge is 0.352 e. The number of aromatic nitrogens is 2. The van der Waals surface area contributed by atoms with Crippen molar-refractivity contribution in [3.8, 4) is 0 Å². The number of nitrogens with one attached hydrogen (secondary N) is 1. The number of hydrogen-bond acceptors (Lipinski definition) is 2. The SMILES string of the molecule is Cc1nn(CCC(=O)NCc2ccccc2Cl)c(C)c1Br. The smallest absolute Gasteiger partial charge is 0.222 e. The van der Waals surface area contributed by atoms with Crippen molar-refractivity contribution in [2.45, 2.75) is 33.4 Å². The predicted octanol–water partition coefficient (Wildman–Crippen LogP) is 3.62. The van der Waals surface area contributed by atoms with Crippen LogP contribution < -0.4 is 5.32 Å². The molecule has 21 heavy (non-hydrogen) atoms. The summed E-state index contributed by atoms with van der Waals surface area (Å²) < 4.78 is 2.84. The van der Waals surface area contributed by atoms with Crippen molar-refractivity contribution in [1.29, 1.82) is 0 Å². The molecule has 1 N–H and O–H groups in total. The molecule has 4 nitrogen and oxygen atoms in total. The van der Waals surface area contributed by atoms with E-state index in [0.29, 0.717) is 24.5 Å². The van der Waals surface area contributed by atoms with Gasteiger partial charge in [-0.05, 0) is 41.4 Å². The van der Waals surface area contributed by atoms with Gasteiger partial charge in [0.2, 0.25) is 5.91 Å². The van der Waals surface area contributed by atoms with Crippen molar-refractivity contribution < 1.29 is 4.79 Å². The van der Waals surface area contributed by atoms with Gasteiger partial charge < -0.3 is 5.32 Å². The van der Waals surface area contributed by atoms with Gasteiger partial charge in [0.05, 0.1) is 16.7 Å². The number of nitrogens with zero attached hydrogens (tertiary/aromatic N) is 2. The van der Waals surface area contributed by atoms with Crippen LogP contribution in [0.15, 0.2) is 28.7 Å². The monoisotopic (exact) mass is 369 g/mol. The zero-order valence-corrected chi connectivity index (χ0v) is 14.3. The van der Waals surface area contributed by atoms with Gasteiger partial charge in [-0.15, -0.1) is 0 Å². The first-order valence-electron chi connectivity index (χ1n) is 6.68. The van der Waals surface area contributed by atoms with Crippen LogP contribution in [0, 0.1) is 13.8 Å². The Balaban J connectivity index is 1.85. The molecular weight excluding hydrogens is 354 g/mol. The highest BCUT2D eigenvalue weighted by Crippen LogP contribution is 2.19. The minimum Gasteiger partial charge on any atom is -0.352 e. The third kappa shape index (κ3) is 4.08. The summed E-state index contributed by atoms with van der Waals surface area (Å²) in [6, 6.07) is 7.49. The highest BCUT2D eigenvalue weighted by Gasteiger charge is 2.10. The molecule has 0 bridgehead atoms. The standard InChI is InChI=1S/C15H17BrClN3O/c1-10-15(16)11(2)20(19-10)8-7-14(21)18-9-12-5-3-4-6-13(12)17/h3-6H,7-9H2,1-2H3,(H,18,21). The van der Waals surface area contributed by atoms with Crippen LogP contribution in [0.5, 0.6) is 0 Å². The summed E-state index contributed by atoms with van der Waals surface area (Å²) in [5.74, 6) is -0.0152. The van der Waals surface area contributed by atoms with Crippen LogP contribution >= 0.6 is 27.5 Å². The van der Waals surface area contributed by atoms with Gasteiger partial charge >= 0.3 is 0 Å². The van der Waals surface area contributed by atoms with Crippen molar-refractivity contribution in [2.24, 2.45) is 0 Å². The molecule has 2 rings (SSSR count). The maximum atomic E-state index is 11.9. The van der Waals surface area contributed by atoms with Crippen LogP contribution in [-0.2, 0) is 17.9 Å². The first kappa shape index (κ1) is 16.0. The van der Waals surface area contributed by atoms with Crippen molar-refractivity contribution in [3.63, 3.8) is 0 Å². The van der Waals surface area contributed by atoms with Gasteiger partial charge in [-0.25, -0.2) is 0 Å². The molecule has 0 aliphatic rings. The van der Waals surface area contributed by atoms with Crippen LogP contribution in [-0.4, -0.2) is 15.7 Å². The summed E-state index contributed by atoms with van der Waals surface area (Å²) in [4.78, 5) is 11.9. The highest BCUT2D eigenvalue weighted by atomic mass is 79.9. The summed E-state index contributed by atoms with van der Waals surface area (Å²) >= 11 is 9.53. The van der Waals surface area contributed by atoms with Crippen molar-refractivity contribution in [1.82, 2.24) is 15.1 Å². The minimum atomic E-state index is -0.0152. The Bertz CT molecular complexity index is 654. The molecule has 2 aromatic rings. The number of halogens is 2. The Morgan fingerprint density at radius 1 is 1.38 bits per heavy atom. The van der Waals surface area contributed by atoms with E-state index in [2.05, 4.69) is 26.3 Å². The predicted molar refractivity (Wildman–Crippen MR) is 87.3 cm³/mol. The molecule has 0 aliphatic heterocycles. The lowest BCUT2D eigenvalue weighted by Gasteiger charge is -2.08. The zero-order chi connectivity index (χ0) is 15.4. The lowest BCUT2D eigenvalue weighted by Crippen LogP contribution is -2.24. The molecule has 0 aliphatic carbocycles. The van der Waals surface area contributed by atoms with Crippen molar-refractivity contribution >= 4 is 33.4 Å². The van der Waals surface area contributed by atoms with Crippen molar-refractivity contribution in [3.05, 3.63) is 50.7 Å².